The molecule has 0 rings (SSSR count). The van der Waals surface area contributed by atoms with Crippen molar-refractivity contribution >= 4 is 0 Å². The second-order valence-corrected chi connectivity index (χ2v) is 2.73. The normalized spacial score (nSPS) is 16.5. The van der Waals surface area contributed by atoms with E-state index >= 15 is 0 Å². The van der Waals surface area contributed by atoms with E-state index in [0.29, 0.717) is 6.42 Å². The van der Waals surface area contributed by atoms with Gasteiger partial charge in [-0.1, -0.05) is 0 Å². The van der Waals surface area contributed by atoms with Crippen molar-refractivity contribution in [1.82, 2.24) is 0 Å². The molecule has 0 heterocycles. The average Bonchev–Trinajstić information content (AvgIpc) is 2.02. The van der Waals surface area contributed by atoms with Crippen molar-refractivity contribution in [3.63, 3.8) is 0 Å². The minimum absolute atomic E-state index is 0.162. The SMILES string of the molecule is OCC(O)C(O)CCCC(O)O. The maximum absolute atomic E-state index is 9.06. The molecule has 0 saturated carbocycles. The van der Waals surface area contributed by atoms with Gasteiger partial charge in [0.15, 0.2) is 6.29 Å². The van der Waals surface area contributed by atoms with Crippen LogP contribution in [0.3, 0.4) is 0 Å². The van der Waals surface area contributed by atoms with Gasteiger partial charge in [-0.2, -0.15) is 0 Å². The zero-order chi connectivity index (χ0) is 9.56. The molecule has 0 aromatic rings. The third kappa shape index (κ3) is 5.45. The van der Waals surface area contributed by atoms with Crippen LogP contribution in [0.5, 0.6) is 0 Å². The van der Waals surface area contributed by atoms with Gasteiger partial charge in [0.05, 0.1) is 12.7 Å². The summed E-state index contributed by atoms with van der Waals surface area (Å²) in [5.41, 5.74) is 0. The molecule has 0 fully saturated rings. The Kier molecular flexibility index (Phi) is 6.23. The average molecular weight is 180 g/mol. The van der Waals surface area contributed by atoms with Gasteiger partial charge in [-0.05, 0) is 19.3 Å². The van der Waals surface area contributed by atoms with E-state index in [1.165, 1.54) is 0 Å². The van der Waals surface area contributed by atoms with E-state index in [0.717, 1.165) is 0 Å². The van der Waals surface area contributed by atoms with Crippen molar-refractivity contribution in [2.75, 3.05) is 6.61 Å². The predicted octanol–water partition coefficient (Wildman–Crippen LogP) is -1.82. The van der Waals surface area contributed by atoms with Gasteiger partial charge in [-0.3, -0.25) is 0 Å². The van der Waals surface area contributed by atoms with E-state index < -0.39 is 25.1 Å². The van der Waals surface area contributed by atoms with Crippen LogP contribution in [0.15, 0.2) is 0 Å². The van der Waals surface area contributed by atoms with Gasteiger partial charge in [0.25, 0.3) is 0 Å². The first kappa shape index (κ1) is 11.8. The molecule has 0 spiro atoms. The van der Waals surface area contributed by atoms with E-state index in [9.17, 15) is 0 Å². The zero-order valence-corrected chi connectivity index (χ0v) is 6.80. The Morgan fingerprint density at radius 2 is 1.42 bits per heavy atom. The maximum Gasteiger partial charge on any atom is 0.151 e. The second kappa shape index (κ2) is 6.33. The fourth-order valence-corrected chi connectivity index (χ4v) is 0.824. The summed E-state index contributed by atoms with van der Waals surface area (Å²) in [5, 5.41) is 43.2. The van der Waals surface area contributed by atoms with Crippen LogP contribution in [-0.4, -0.2) is 50.6 Å². The van der Waals surface area contributed by atoms with Gasteiger partial charge in [-0.25, -0.2) is 0 Å². The molecule has 74 valence electrons. The molecular formula is C7H16O5. The van der Waals surface area contributed by atoms with Crippen molar-refractivity contribution in [2.45, 2.75) is 37.8 Å². The van der Waals surface area contributed by atoms with Gasteiger partial charge in [0.1, 0.15) is 6.10 Å². The van der Waals surface area contributed by atoms with Gasteiger partial charge < -0.3 is 25.5 Å². The summed E-state index contributed by atoms with van der Waals surface area (Å²) in [6.07, 6.45) is -2.69. The summed E-state index contributed by atoms with van der Waals surface area (Å²) >= 11 is 0. The van der Waals surface area contributed by atoms with Crippen LogP contribution < -0.4 is 0 Å². The van der Waals surface area contributed by atoms with Crippen LogP contribution in [0.1, 0.15) is 19.3 Å². The largest absolute Gasteiger partial charge is 0.394 e. The minimum Gasteiger partial charge on any atom is -0.394 e. The number of aliphatic hydroxyl groups is 5. The first-order valence-electron chi connectivity index (χ1n) is 3.91. The standard InChI is InChI=1S/C7H16O5/c8-4-6(10)5(9)2-1-3-7(11)12/h5-12H,1-4H2. The van der Waals surface area contributed by atoms with E-state index in [4.69, 9.17) is 25.5 Å². The van der Waals surface area contributed by atoms with Crippen LogP contribution in [0.2, 0.25) is 0 Å². The topological polar surface area (TPSA) is 101 Å². The molecule has 0 aromatic carbocycles. The molecule has 2 unspecified atom stereocenters. The Morgan fingerprint density at radius 3 is 1.83 bits per heavy atom. The van der Waals surface area contributed by atoms with Crippen molar-refractivity contribution in [1.29, 1.82) is 0 Å². The Bertz CT molecular complexity index is 106. The highest BCUT2D eigenvalue weighted by molar-refractivity contribution is 4.65. The molecule has 0 aliphatic rings. The Balaban J connectivity index is 3.37. The lowest BCUT2D eigenvalue weighted by molar-refractivity contribution is -0.0539. The number of hydrogen-bond donors (Lipinski definition) is 5. The van der Waals surface area contributed by atoms with Crippen molar-refractivity contribution in [3.05, 3.63) is 0 Å². The third-order valence-electron chi connectivity index (χ3n) is 1.59. The summed E-state index contributed by atoms with van der Waals surface area (Å²) in [6, 6.07) is 0. The van der Waals surface area contributed by atoms with Crippen LogP contribution in [0, 0.1) is 0 Å². The summed E-state index contributed by atoms with van der Waals surface area (Å²) in [7, 11) is 0. The Morgan fingerprint density at radius 1 is 0.833 bits per heavy atom. The zero-order valence-electron chi connectivity index (χ0n) is 6.80. The molecule has 5 heteroatoms. The van der Waals surface area contributed by atoms with E-state index in [-0.39, 0.29) is 12.8 Å². The molecule has 5 nitrogen and oxygen atoms in total. The van der Waals surface area contributed by atoms with E-state index in [2.05, 4.69) is 0 Å². The summed E-state index contributed by atoms with van der Waals surface area (Å²) in [5.74, 6) is 0. The van der Waals surface area contributed by atoms with Crippen LogP contribution in [-0.2, 0) is 0 Å². The van der Waals surface area contributed by atoms with E-state index in [1.54, 1.807) is 0 Å². The van der Waals surface area contributed by atoms with Gasteiger partial charge >= 0.3 is 0 Å². The maximum atomic E-state index is 9.06. The first-order valence-corrected chi connectivity index (χ1v) is 3.91. The molecule has 0 radical (unpaired) electrons. The number of aliphatic hydroxyl groups excluding tert-OH is 4. The molecule has 0 aromatic heterocycles. The van der Waals surface area contributed by atoms with Crippen molar-refractivity contribution in [2.24, 2.45) is 0 Å². The molecule has 0 aliphatic heterocycles. The quantitative estimate of drug-likeness (QED) is 0.310. The van der Waals surface area contributed by atoms with Gasteiger partial charge in [0, 0.05) is 0 Å². The predicted molar refractivity (Wildman–Crippen MR) is 41.2 cm³/mol. The fourth-order valence-electron chi connectivity index (χ4n) is 0.824. The molecule has 0 bridgehead atoms. The molecule has 2 atom stereocenters. The van der Waals surface area contributed by atoms with E-state index in [1.807, 2.05) is 0 Å². The molecule has 5 N–H and O–H groups in total. The molecule has 12 heavy (non-hydrogen) atoms. The second-order valence-electron chi connectivity index (χ2n) is 2.73. The highest BCUT2D eigenvalue weighted by Crippen LogP contribution is 2.05. The molecule has 0 saturated heterocycles. The highest BCUT2D eigenvalue weighted by Gasteiger charge is 2.14. The van der Waals surface area contributed by atoms with Crippen molar-refractivity contribution in [3.8, 4) is 0 Å². The first-order chi connectivity index (χ1) is 5.57. The number of rotatable bonds is 6. The molecular weight excluding hydrogens is 164 g/mol. The van der Waals surface area contributed by atoms with Crippen LogP contribution in [0.4, 0.5) is 0 Å². The Labute approximate surface area is 70.9 Å². The smallest absolute Gasteiger partial charge is 0.151 e. The Hall–Kier alpha value is -0.200. The van der Waals surface area contributed by atoms with Gasteiger partial charge in [0.2, 0.25) is 0 Å². The monoisotopic (exact) mass is 180 g/mol. The third-order valence-corrected chi connectivity index (χ3v) is 1.59. The summed E-state index contributed by atoms with van der Waals surface area (Å²) in [4.78, 5) is 0. The summed E-state index contributed by atoms with van der Waals surface area (Å²) < 4.78 is 0. The lowest BCUT2D eigenvalue weighted by atomic mass is 10.1. The lowest BCUT2D eigenvalue weighted by Crippen LogP contribution is -2.29. The highest BCUT2D eigenvalue weighted by atomic mass is 16.5. The molecule has 0 amide bonds. The minimum atomic E-state index is -1.37. The van der Waals surface area contributed by atoms with Crippen LogP contribution >= 0.6 is 0 Å². The van der Waals surface area contributed by atoms with Crippen LogP contribution in [0.25, 0.3) is 0 Å². The summed E-state index contributed by atoms with van der Waals surface area (Å²) in [6.45, 7) is -0.483. The van der Waals surface area contributed by atoms with Gasteiger partial charge in [-0.15, -0.1) is 0 Å². The van der Waals surface area contributed by atoms with Crippen molar-refractivity contribution < 1.29 is 25.5 Å². The molecule has 0 aliphatic carbocycles. The fraction of sp³-hybridized carbons (Fsp3) is 1.00. The lowest BCUT2D eigenvalue weighted by Gasteiger charge is -2.15. The number of hydrogen-bond acceptors (Lipinski definition) is 5.